The van der Waals surface area contributed by atoms with E-state index in [1.807, 2.05) is 74.5 Å². The summed E-state index contributed by atoms with van der Waals surface area (Å²) in [6, 6.07) is 23.0. The molecule has 0 radical (unpaired) electrons. The van der Waals surface area contributed by atoms with Crippen LogP contribution < -0.4 is 5.32 Å². The van der Waals surface area contributed by atoms with Crippen LogP contribution in [0.15, 0.2) is 77.2 Å². The molecule has 32 heavy (non-hydrogen) atoms. The number of aryl methyl sites for hydroxylation is 1. The van der Waals surface area contributed by atoms with Crippen molar-refractivity contribution in [1.82, 2.24) is 15.5 Å². The minimum Gasteiger partial charge on any atom is -0.416 e. The number of hydrogen-bond donors (Lipinski definition) is 1. The molecule has 0 aliphatic carbocycles. The standard InChI is InChI=1S/C26H25N3O3/c1-3-31-17-22-10-6-5-9-21(22)16-27-24(30)19-12-14-20(15-13-19)25-28-29-26(32-25)23-11-7-4-8-18(23)2/h4-15H,3,16-17H2,1-2H3,(H,27,30). The topological polar surface area (TPSA) is 77.2 Å². The molecule has 6 nitrogen and oxygen atoms in total. The number of rotatable bonds is 8. The zero-order valence-electron chi connectivity index (χ0n) is 18.2. The van der Waals surface area contributed by atoms with Crippen LogP contribution in [0.2, 0.25) is 0 Å². The largest absolute Gasteiger partial charge is 0.416 e. The molecule has 0 fully saturated rings. The maximum absolute atomic E-state index is 12.6. The first kappa shape index (κ1) is 21.5. The number of nitrogens with one attached hydrogen (secondary N) is 1. The lowest BCUT2D eigenvalue weighted by molar-refractivity contribution is 0.0950. The van der Waals surface area contributed by atoms with Crippen molar-refractivity contribution < 1.29 is 13.9 Å². The van der Waals surface area contributed by atoms with Gasteiger partial charge in [0.05, 0.1) is 6.61 Å². The second-order valence-corrected chi connectivity index (χ2v) is 7.39. The molecule has 162 valence electrons. The molecule has 1 aromatic heterocycles. The van der Waals surface area contributed by atoms with Crippen molar-refractivity contribution in [1.29, 1.82) is 0 Å². The van der Waals surface area contributed by atoms with Gasteiger partial charge in [-0.2, -0.15) is 0 Å². The number of amides is 1. The van der Waals surface area contributed by atoms with Crippen LogP contribution in [0.1, 0.15) is 34.0 Å². The minimum absolute atomic E-state index is 0.145. The van der Waals surface area contributed by atoms with Crippen LogP contribution in [0.4, 0.5) is 0 Å². The maximum Gasteiger partial charge on any atom is 0.251 e. The highest BCUT2D eigenvalue weighted by Gasteiger charge is 2.13. The Labute approximate surface area is 187 Å². The molecule has 0 saturated carbocycles. The van der Waals surface area contributed by atoms with Crippen molar-refractivity contribution in [3.8, 4) is 22.9 Å². The first-order valence-electron chi connectivity index (χ1n) is 10.6. The van der Waals surface area contributed by atoms with Crippen LogP contribution in [0.3, 0.4) is 0 Å². The van der Waals surface area contributed by atoms with E-state index >= 15 is 0 Å². The summed E-state index contributed by atoms with van der Waals surface area (Å²) in [7, 11) is 0. The summed E-state index contributed by atoms with van der Waals surface area (Å²) in [5, 5.41) is 11.3. The zero-order chi connectivity index (χ0) is 22.3. The van der Waals surface area contributed by atoms with Crippen LogP contribution >= 0.6 is 0 Å². The van der Waals surface area contributed by atoms with Gasteiger partial charge in [-0.15, -0.1) is 10.2 Å². The SMILES string of the molecule is CCOCc1ccccc1CNC(=O)c1ccc(-c2nnc(-c3ccccc3C)o2)cc1. The van der Waals surface area contributed by atoms with E-state index in [2.05, 4.69) is 15.5 Å². The molecule has 1 N–H and O–H groups in total. The van der Waals surface area contributed by atoms with E-state index in [0.717, 1.165) is 27.8 Å². The molecular formula is C26H25N3O3. The average Bonchev–Trinajstić information content (AvgIpc) is 3.32. The highest BCUT2D eigenvalue weighted by Crippen LogP contribution is 2.26. The Kier molecular flexibility index (Phi) is 6.72. The lowest BCUT2D eigenvalue weighted by Gasteiger charge is -2.11. The molecule has 1 heterocycles. The molecule has 0 unspecified atom stereocenters. The maximum atomic E-state index is 12.6. The van der Waals surface area contributed by atoms with Gasteiger partial charge >= 0.3 is 0 Å². The van der Waals surface area contributed by atoms with Gasteiger partial charge in [0.15, 0.2) is 0 Å². The third kappa shape index (κ3) is 4.92. The molecule has 6 heteroatoms. The average molecular weight is 428 g/mol. The summed E-state index contributed by atoms with van der Waals surface area (Å²) in [5.74, 6) is 0.750. The molecule has 0 bridgehead atoms. The minimum atomic E-state index is -0.145. The molecule has 4 aromatic rings. The van der Waals surface area contributed by atoms with Crippen LogP contribution in [-0.2, 0) is 17.9 Å². The first-order valence-corrected chi connectivity index (χ1v) is 10.6. The third-order valence-electron chi connectivity index (χ3n) is 5.21. The van der Waals surface area contributed by atoms with E-state index in [1.165, 1.54) is 0 Å². The first-order chi connectivity index (χ1) is 15.7. The lowest BCUT2D eigenvalue weighted by atomic mass is 10.1. The van der Waals surface area contributed by atoms with Gasteiger partial charge in [-0.3, -0.25) is 4.79 Å². The van der Waals surface area contributed by atoms with E-state index < -0.39 is 0 Å². The van der Waals surface area contributed by atoms with Crippen molar-refractivity contribution in [2.75, 3.05) is 6.61 Å². The van der Waals surface area contributed by atoms with Gasteiger partial charge in [0.1, 0.15) is 0 Å². The lowest BCUT2D eigenvalue weighted by Crippen LogP contribution is -2.23. The van der Waals surface area contributed by atoms with Crippen molar-refractivity contribution in [3.05, 3.63) is 95.1 Å². The van der Waals surface area contributed by atoms with Crippen molar-refractivity contribution >= 4 is 5.91 Å². The fourth-order valence-electron chi connectivity index (χ4n) is 3.39. The van der Waals surface area contributed by atoms with Gasteiger partial charge in [0.25, 0.3) is 5.91 Å². The van der Waals surface area contributed by atoms with E-state index in [9.17, 15) is 4.79 Å². The Hall–Kier alpha value is -3.77. The zero-order valence-corrected chi connectivity index (χ0v) is 18.2. The second kappa shape index (κ2) is 10.0. The summed E-state index contributed by atoms with van der Waals surface area (Å²) < 4.78 is 11.4. The number of carbonyl (C=O) groups is 1. The Bertz CT molecular complexity index is 1200. The number of aromatic nitrogens is 2. The van der Waals surface area contributed by atoms with E-state index in [1.54, 1.807) is 12.1 Å². The van der Waals surface area contributed by atoms with Crippen LogP contribution in [0, 0.1) is 6.92 Å². The van der Waals surface area contributed by atoms with Crippen LogP contribution in [0.25, 0.3) is 22.9 Å². The van der Waals surface area contributed by atoms with Gasteiger partial charge in [-0.25, -0.2) is 0 Å². The highest BCUT2D eigenvalue weighted by molar-refractivity contribution is 5.94. The normalized spacial score (nSPS) is 10.8. The smallest absolute Gasteiger partial charge is 0.251 e. The second-order valence-electron chi connectivity index (χ2n) is 7.39. The fraction of sp³-hybridized carbons (Fsp3) is 0.192. The summed E-state index contributed by atoms with van der Waals surface area (Å²) in [4.78, 5) is 12.6. The summed E-state index contributed by atoms with van der Waals surface area (Å²) in [6.07, 6.45) is 0. The van der Waals surface area contributed by atoms with Gasteiger partial charge in [0.2, 0.25) is 11.8 Å². The Balaban J connectivity index is 1.42. The quantitative estimate of drug-likeness (QED) is 0.419. The molecule has 0 aliphatic rings. The van der Waals surface area contributed by atoms with Gasteiger partial charge in [-0.1, -0.05) is 42.5 Å². The number of hydrogen-bond acceptors (Lipinski definition) is 5. The Morgan fingerprint density at radius 3 is 2.34 bits per heavy atom. The monoisotopic (exact) mass is 427 g/mol. The van der Waals surface area contributed by atoms with Crippen molar-refractivity contribution in [2.45, 2.75) is 27.0 Å². The van der Waals surface area contributed by atoms with Crippen LogP contribution in [0.5, 0.6) is 0 Å². The number of ether oxygens (including phenoxy) is 1. The summed E-state index contributed by atoms with van der Waals surface area (Å²) in [5.41, 5.74) is 5.42. The predicted molar refractivity (Wildman–Crippen MR) is 123 cm³/mol. The molecule has 0 aliphatic heterocycles. The van der Waals surface area contributed by atoms with E-state index in [-0.39, 0.29) is 5.91 Å². The summed E-state index contributed by atoms with van der Waals surface area (Å²) in [6.45, 7) is 5.59. The molecular weight excluding hydrogens is 402 g/mol. The predicted octanol–water partition coefficient (Wildman–Crippen LogP) is 5.18. The molecule has 0 saturated heterocycles. The molecule has 4 rings (SSSR count). The fourth-order valence-corrected chi connectivity index (χ4v) is 3.39. The molecule has 0 spiro atoms. The number of benzene rings is 3. The van der Waals surface area contributed by atoms with Crippen molar-refractivity contribution in [3.63, 3.8) is 0 Å². The highest BCUT2D eigenvalue weighted by atomic mass is 16.5. The van der Waals surface area contributed by atoms with Crippen molar-refractivity contribution in [2.24, 2.45) is 0 Å². The molecule has 1 amide bonds. The Morgan fingerprint density at radius 1 is 0.906 bits per heavy atom. The van der Waals surface area contributed by atoms with Gasteiger partial charge in [-0.05, 0) is 60.9 Å². The van der Waals surface area contributed by atoms with E-state index in [4.69, 9.17) is 9.15 Å². The third-order valence-corrected chi connectivity index (χ3v) is 5.21. The van der Waals surface area contributed by atoms with E-state index in [0.29, 0.717) is 37.1 Å². The number of carbonyl (C=O) groups excluding carboxylic acids is 1. The van der Waals surface area contributed by atoms with Crippen LogP contribution in [-0.4, -0.2) is 22.7 Å². The van der Waals surface area contributed by atoms with Gasteiger partial charge in [0, 0.05) is 29.8 Å². The molecule has 3 aromatic carbocycles. The molecule has 0 atom stereocenters. The Morgan fingerprint density at radius 2 is 1.59 bits per heavy atom. The summed E-state index contributed by atoms with van der Waals surface area (Å²) >= 11 is 0. The number of nitrogens with zero attached hydrogens (tertiary/aromatic N) is 2. The van der Waals surface area contributed by atoms with Gasteiger partial charge < -0.3 is 14.5 Å².